The Hall–Kier alpha value is -1.10. The molecule has 0 amide bonds. The summed E-state index contributed by atoms with van der Waals surface area (Å²) >= 11 is 0. The lowest BCUT2D eigenvalue weighted by atomic mass is 10.2. The summed E-state index contributed by atoms with van der Waals surface area (Å²) in [4.78, 5) is 25.5. The molecule has 0 fully saturated rings. The number of rotatable bonds is 15. The topological polar surface area (TPSA) is 55.8 Å². The average molecular weight is 329 g/mol. The monoisotopic (exact) mass is 329 g/mol. The van der Waals surface area contributed by atoms with Gasteiger partial charge in [-0.05, 0) is 25.8 Å². The zero-order valence-corrected chi connectivity index (χ0v) is 15.3. The Kier molecular flexibility index (Phi) is 15.0. The Morgan fingerprint density at radius 1 is 0.696 bits per heavy atom. The molecule has 0 aromatic carbocycles. The van der Waals surface area contributed by atoms with E-state index < -0.39 is 0 Å². The number of unbranched alkanes of at least 4 members (excludes halogenated alkanes) is 3. The van der Waals surface area contributed by atoms with Gasteiger partial charge in [0.15, 0.2) is 0 Å². The molecule has 0 aliphatic carbocycles. The minimum absolute atomic E-state index is 0.148. The van der Waals surface area contributed by atoms with Crippen LogP contribution < -0.4 is 0 Å². The van der Waals surface area contributed by atoms with Gasteiger partial charge in [-0.25, -0.2) is 0 Å². The highest BCUT2D eigenvalue weighted by atomic mass is 16.5. The first-order valence-corrected chi connectivity index (χ1v) is 9.17. The van der Waals surface area contributed by atoms with Crippen LogP contribution in [0, 0.1) is 0 Å². The molecule has 0 bridgehead atoms. The van der Waals surface area contributed by atoms with Crippen LogP contribution in [0.25, 0.3) is 0 Å². The van der Waals surface area contributed by atoms with Crippen molar-refractivity contribution in [1.29, 1.82) is 0 Å². The summed E-state index contributed by atoms with van der Waals surface area (Å²) in [6.07, 6.45) is 6.81. The molecule has 0 saturated carbocycles. The van der Waals surface area contributed by atoms with E-state index in [2.05, 4.69) is 25.7 Å². The van der Waals surface area contributed by atoms with Crippen LogP contribution in [0.1, 0.15) is 72.1 Å². The number of esters is 2. The third-order valence-electron chi connectivity index (χ3n) is 3.61. The fourth-order valence-electron chi connectivity index (χ4n) is 2.02. The van der Waals surface area contributed by atoms with Crippen molar-refractivity contribution < 1.29 is 19.1 Å². The number of carbonyl (C=O) groups is 2. The number of carbonyl (C=O) groups excluding carboxylic acids is 2. The van der Waals surface area contributed by atoms with Crippen LogP contribution in [-0.4, -0.2) is 49.7 Å². The predicted molar refractivity (Wildman–Crippen MR) is 92.3 cm³/mol. The van der Waals surface area contributed by atoms with Crippen molar-refractivity contribution in [2.45, 2.75) is 72.1 Å². The summed E-state index contributed by atoms with van der Waals surface area (Å²) < 4.78 is 10.3. The van der Waals surface area contributed by atoms with Crippen molar-refractivity contribution in [2.75, 3.05) is 32.8 Å². The van der Waals surface area contributed by atoms with Crippen LogP contribution in [-0.2, 0) is 19.1 Å². The first kappa shape index (κ1) is 21.9. The Balaban J connectivity index is 4.00. The molecule has 0 aromatic heterocycles. The van der Waals surface area contributed by atoms with Crippen molar-refractivity contribution in [3.8, 4) is 0 Å². The van der Waals surface area contributed by atoms with E-state index in [9.17, 15) is 9.59 Å². The van der Waals surface area contributed by atoms with E-state index >= 15 is 0 Å². The molecule has 0 aromatic rings. The van der Waals surface area contributed by atoms with Gasteiger partial charge in [0.05, 0.1) is 26.1 Å². The van der Waals surface area contributed by atoms with Gasteiger partial charge in [0.1, 0.15) is 0 Å². The Bertz CT molecular complexity index is 281. The first-order valence-electron chi connectivity index (χ1n) is 9.17. The zero-order valence-electron chi connectivity index (χ0n) is 15.3. The van der Waals surface area contributed by atoms with E-state index in [-0.39, 0.29) is 11.9 Å². The van der Waals surface area contributed by atoms with Crippen LogP contribution in [0.2, 0.25) is 0 Å². The van der Waals surface area contributed by atoms with Gasteiger partial charge in [0.2, 0.25) is 0 Å². The lowest BCUT2D eigenvalue weighted by Crippen LogP contribution is -2.30. The molecule has 0 atom stereocenters. The number of hydrogen-bond acceptors (Lipinski definition) is 5. The maximum atomic E-state index is 11.7. The van der Waals surface area contributed by atoms with Crippen molar-refractivity contribution in [2.24, 2.45) is 0 Å². The molecular formula is C18H35NO4. The molecule has 0 saturated heterocycles. The van der Waals surface area contributed by atoms with Gasteiger partial charge in [0, 0.05) is 13.1 Å². The number of nitrogens with zero attached hydrogens (tertiary/aromatic N) is 1. The summed E-state index contributed by atoms with van der Waals surface area (Å²) in [5, 5.41) is 0. The highest BCUT2D eigenvalue weighted by Gasteiger charge is 2.11. The summed E-state index contributed by atoms with van der Waals surface area (Å²) in [6.45, 7) is 9.49. The number of hydrogen-bond donors (Lipinski definition) is 0. The van der Waals surface area contributed by atoms with Gasteiger partial charge in [-0.2, -0.15) is 0 Å². The van der Waals surface area contributed by atoms with Crippen molar-refractivity contribution in [1.82, 2.24) is 4.90 Å². The Morgan fingerprint density at radius 2 is 1.13 bits per heavy atom. The Morgan fingerprint density at radius 3 is 1.52 bits per heavy atom. The first-order chi connectivity index (χ1) is 11.1. The van der Waals surface area contributed by atoms with Gasteiger partial charge in [-0.3, -0.25) is 9.59 Å². The second-order valence-corrected chi connectivity index (χ2v) is 5.84. The molecule has 0 spiro atoms. The van der Waals surface area contributed by atoms with E-state index in [4.69, 9.17) is 9.47 Å². The minimum Gasteiger partial charge on any atom is -0.466 e. The van der Waals surface area contributed by atoms with Crippen LogP contribution in [0.4, 0.5) is 0 Å². The van der Waals surface area contributed by atoms with E-state index in [1.54, 1.807) is 0 Å². The van der Waals surface area contributed by atoms with Crippen LogP contribution in [0.15, 0.2) is 0 Å². The summed E-state index contributed by atoms with van der Waals surface area (Å²) in [7, 11) is 0. The zero-order chi connectivity index (χ0) is 17.3. The van der Waals surface area contributed by atoms with Crippen LogP contribution in [0.5, 0.6) is 0 Å². The standard InChI is InChI=1S/C18H35NO4/c1-4-7-12-19(13-10-17(20)22-15-8-5-2)14-11-18(21)23-16-9-6-3/h4-16H2,1-3H3. The minimum atomic E-state index is -0.148. The van der Waals surface area contributed by atoms with Crippen LogP contribution >= 0.6 is 0 Å². The molecule has 0 N–H and O–H groups in total. The molecule has 5 nitrogen and oxygen atoms in total. The lowest BCUT2D eigenvalue weighted by molar-refractivity contribution is -0.144. The lowest BCUT2D eigenvalue weighted by Gasteiger charge is -2.21. The molecule has 0 unspecified atom stereocenters. The molecule has 136 valence electrons. The quantitative estimate of drug-likeness (QED) is 0.340. The predicted octanol–water partition coefficient (Wildman–Crippen LogP) is 3.56. The molecule has 5 heteroatoms. The van der Waals surface area contributed by atoms with Gasteiger partial charge in [-0.15, -0.1) is 0 Å². The maximum Gasteiger partial charge on any atom is 0.307 e. The SMILES string of the molecule is CCCCOC(=O)CCN(CCCC)CCC(=O)OCCCC. The maximum absolute atomic E-state index is 11.7. The fourth-order valence-corrected chi connectivity index (χ4v) is 2.02. The molecule has 0 aliphatic heterocycles. The molecule has 0 radical (unpaired) electrons. The molecule has 0 aliphatic rings. The summed E-state index contributed by atoms with van der Waals surface area (Å²) in [6, 6.07) is 0. The highest BCUT2D eigenvalue weighted by Crippen LogP contribution is 2.02. The smallest absolute Gasteiger partial charge is 0.307 e. The third kappa shape index (κ3) is 14.2. The van der Waals surface area contributed by atoms with Gasteiger partial charge >= 0.3 is 11.9 Å². The van der Waals surface area contributed by atoms with E-state index in [1.165, 1.54) is 0 Å². The van der Waals surface area contributed by atoms with Crippen LogP contribution in [0.3, 0.4) is 0 Å². The fraction of sp³-hybridized carbons (Fsp3) is 0.889. The van der Waals surface area contributed by atoms with E-state index in [0.29, 0.717) is 39.1 Å². The summed E-state index contributed by atoms with van der Waals surface area (Å²) in [5.74, 6) is -0.295. The van der Waals surface area contributed by atoms with Gasteiger partial charge in [-0.1, -0.05) is 40.0 Å². The summed E-state index contributed by atoms with van der Waals surface area (Å²) in [5.41, 5.74) is 0. The largest absolute Gasteiger partial charge is 0.466 e. The second-order valence-electron chi connectivity index (χ2n) is 5.84. The Labute approximate surface area is 141 Å². The van der Waals surface area contributed by atoms with Crippen molar-refractivity contribution in [3.63, 3.8) is 0 Å². The second kappa shape index (κ2) is 15.8. The molecular weight excluding hydrogens is 294 g/mol. The van der Waals surface area contributed by atoms with E-state index in [1.807, 2.05) is 0 Å². The van der Waals surface area contributed by atoms with E-state index in [0.717, 1.165) is 45.1 Å². The highest BCUT2D eigenvalue weighted by molar-refractivity contribution is 5.70. The average Bonchev–Trinajstić information content (AvgIpc) is 2.54. The number of ether oxygens (including phenoxy) is 2. The van der Waals surface area contributed by atoms with Crippen molar-refractivity contribution in [3.05, 3.63) is 0 Å². The van der Waals surface area contributed by atoms with Crippen molar-refractivity contribution >= 4 is 11.9 Å². The molecule has 0 heterocycles. The van der Waals surface area contributed by atoms with Gasteiger partial charge < -0.3 is 14.4 Å². The normalized spacial score (nSPS) is 10.8. The molecule has 0 rings (SSSR count). The molecule has 23 heavy (non-hydrogen) atoms. The third-order valence-corrected chi connectivity index (χ3v) is 3.61. The van der Waals surface area contributed by atoms with Gasteiger partial charge in [0.25, 0.3) is 0 Å².